The topological polar surface area (TPSA) is 84.2 Å². The Kier molecular flexibility index (Phi) is 5.36. The molecule has 1 aromatic rings. The number of rotatable bonds is 5. The van der Waals surface area contributed by atoms with E-state index >= 15 is 0 Å². The van der Waals surface area contributed by atoms with Crippen LogP contribution in [0.3, 0.4) is 0 Å². The molecule has 0 radical (unpaired) electrons. The van der Waals surface area contributed by atoms with Crippen molar-refractivity contribution in [3.63, 3.8) is 0 Å². The average molecular weight is 263 g/mol. The Labute approximate surface area is 113 Å². The van der Waals surface area contributed by atoms with E-state index in [1.54, 1.807) is 24.3 Å². The molecule has 1 unspecified atom stereocenters. The zero-order chi connectivity index (χ0) is 14.4. The van der Waals surface area contributed by atoms with E-state index < -0.39 is 0 Å². The molecule has 0 heterocycles. The summed E-state index contributed by atoms with van der Waals surface area (Å²) in [5.74, 6) is -0.117. The van der Waals surface area contributed by atoms with Crippen molar-refractivity contribution in [2.75, 3.05) is 12.3 Å². The van der Waals surface area contributed by atoms with E-state index in [0.717, 1.165) is 0 Å². The number of hydrogen-bond donors (Lipinski definition) is 3. The SMILES string of the molecule is CC(C)C(C)NC(=O)CNC(=O)c1ccc(N)cc1. The fourth-order valence-corrected chi connectivity index (χ4v) is 1.37. The number of carbonyl (C=O) groups excluding carboxylic acids is 2. The van der Waals surface area contributed by atoms with Gasteiger partial charge in [-0.05, 0) is 37.1 Å². The second-order valence-corrected chi connectivity index (χ2v) is 4.90. The summed E-state index contributed by atoms with van der Waals surface area (Å²) in [6.07, 6.45) is 0. The predicted octanol–water partition coefficient (Wildman–Crippen LogP) is 1.16. The highest BCUT2D eigenvalue weighted by molar-refractivity contribution is 5.96. The zero-order valence-corrected chi connectivity index (χ0v) is 11.6. The summed E-state index contributed by atoms with van der Waals surface area (Å²) in [5.41, 5.74) is 6.62. The maximum atomic E-state index is 11.7. The Bertz CT molecular complexity index is 441. The van der Waals surface area contributed by atoms with E-state index in [1.165, 1.54) is 0 Å². The highest BCUT2D eigenvalue weighted by Crippen LogP contribution is 2.05. The Morgan fingerprint density at radius 2 is 1.74 bits per heavy atom. The van der Waals surface area contributed by atoms with Gasteiger partial charge in [-0.15, -0.1) is 0 Å². The molecule has 0 aliphatic heterocycles. The van der Waals surface area contributed by atoms with Crippen molar-refractivity contribution in [3.05, 3.63) is 29.8 Å². The number of benzene rings is 1. The van der Waals surface area contributed by atoms with Gasteiger partial charge in [-0.2, -0.15) is 0 Å². The number of amides is 2. The predicted molar refractivity (Wildman–Crippen MR) is 75.6 cm³/mol. The number of nitrogens with one attached hydrogen (secondary N) is 2. The molecule has 0 aliphatic rings. The molecule has 5 nitrogen and oxygen atoms in total. The number of carbonyl (C=O) groups is 2. The van der Waals surface area contributed by atoms with E-state index in [-0.39, 0.29) is 24.4 Å². The van der Waals surface area contributed by atoms with Crippen LogP contribution in [0.4, 0.5) is 5.69 Å². The van der Waals surface area contributed by atoms with Gasteiger partial charge in [0.05, 0.1) is 6.54 Å². The smallest absolute Gasteiger partial charge is 0.251 e. The van der Waals surface area contributed by atoms with Gasteiger partial charge in [0, 0.05) is 17.3 Å². The van der Waals surface area contributed by atoms with Crippen LogP contribution in [0.25, 0.3) is 0 Å². The zero-order valence-electron chi connectivity index (χ0n) is 11.6. The van der Waals surface area contributed by atoms with Crippen molar-refractivity contribution in [1.82, 2.24) is 10.6 Å². The highest BCUT2D eigenvalue weighted by Gasteiger charge is 2.12. The fourth-order valence-electron chi connectivity index (χ4n) is 1.37. The van der Waals surface area contributed by atoms with Gasteiger partial charge in [0.2, 0.25) is 5.91 Å². The van der Waals surface area contributed by atoms with Gasteiger partial charge in [-0.1, -0.05) is 13.8 Å². The third-order valence-corrected chi connectivity index (χ3v) is 2.97. The van der Waals surface area contributed by atoms with Gasteiger partial charge >= 0.3 is 0 Å². The van der Waals surface area contributed by atoms with Crippen molar-refractivity contribution < 1.29 is 9.59 Å². The fraction of sp³-hybridized carbons (Fsp3) is 0.429. The molecule has 5 heteroatoms. The third-order valence-electron chi connectivity index (χ3n) is 2.97. The standard InChI is InChI=1S/C14H21N3O2/c1-9(2)10(3)17-13(18)8-16-14(19)11-4-6-12(15)7-5-11/h4-7,9-10H,8,15H2,1-3H3,(H,16,19)(H,17,18). The average Bonchev–Trinajstić information content (AvgIpc) is 2.36. The molecular formula is C14H21N3O2. The lowest BCUT2D eigenvalue weighted by molar-refractivity contribution is -0.121. The summed E-state index contributed by atoms with van der Waals surface area (Å²) < 4.78 is 0. The van der Waals surface area contributed by atoms with Crippen molar-refractivity contribution in [3.8, 4) is 0 Å². The number of nitrogens with two attached hydrogens (primary N) is 1. The molecule has 0 saturated carbocycles. The van der Waals surface area contributed by atoms with Crippen molar-refractivity contribution >= 4 is 17.5 Å². The molecule has 0 saturated heterocycles. The highest BCUT2D eigenvalue weighted by atomic mass is 16.2. The molecule has 104 valence electrons. The van der Waals surface area contributed by atoms with Crippen molar-refractivity contribution in [1.29, 1.82) is 0 Å². The quantitative estimate of drug-likeness (QED) is 0.697. The van der Waals surface area contributed by atoms with E-state index in [1.807, 2.05) is 20.8 Å². The Morgan fingerprint density at radius 3 is 2.26 bits per heavy atom. The lowest BCUT2D eigenvalue weighted by atomic mass is 10.1. The Balaban J connectivity index is 2.42. The summed E-state index contributed by atoms with van der Waals surface area (Å²) in [7, 11) is 0. The molecule has 0 aliphatic carbocycles. The number of hydrogen-bond acceptors (Lipinski definition) is 3. The Hall–Kier alpha value is -2.04. The third kappa shape index (κ3) is 4.99. The summed E-state index contributed by atoms with van der Waals surface area (Å²) in [6.45, 7) is 5.96. The van der Waals surface area contributed by atoms with Crippen LogP contribution in [-0.2, 0) is 4.79 Å². The van der Waals surface area contributed by atoms with Crippen LogP contribution < -0.4 is 16.4 Å². The largest absolute Gasteiger partial charge is 0.399 e. The van der Waals surface area contributed by atoms with Gasteiger partial charge in [0.15, 0.2) is 0 Å². The molecule has 0 fully saturated rings. The maximum Gasteiger partial charge on any atom is 0.251 e. The lowest BCUT2D eigenvalue weighted by Crippen LogP contribution is -2.42. The first kappa shape index (κ1) is 15.0. The minimum atomic E-state index is -0.285. The van der Waals surface area contributed by atoms with E-state index in [9.17, 15) is 9.59 Å². The second kappa shape index (κ2) is 6.78. The number of nitrogen functional groups attached to an aromatic ring is 1. The minimum absolute atomic E-state index is 0.0275. The summed E-state index contributed by atoms with van der Waals surface area (Å²) >= 11 is 0. The van der Waals surface area contributed by atoms with Crippen LogP contribution in [0.1, 0.15) is 31.1 Å². The summed E-state index contributed by atoms with van der Waals surface area (Å²) in [4.78, 5) is 23.4. The summed E-state index contributed by atoms with van der Waals surface area (Å²) in [6, 6.07) is 6.63. The monoisotopic (exact) mass is 263 g/mol. The van der Waals surface area contributed by atoms with E-state index in [2.05, 4.69) is 10.6 Å². The Morgan fingerprint density at radius 1 is 1.16 bits per heavy atom. The van der Waals surface area contributed by atoms with Gasteiger partial charge in [-0.25, -0.2) is 0 Å². The van der Waals surface area contributed by atoms with Crippen LogP contribution in [-0.4, -0.2) is 24.4 Å². The first-order valence-electron chi connectivity index (χ1n) is 6.33. The molecule has 0 spiro atoms. The van der Waals surface area contributed by atoms with Crippen LogP contribution >= 0.6 is 0 Å². The molecule has 1 atom stereocenters. The summed E-state index contributed by atoms with van der Waals surface area (Å²) in [5, 5.41) is 5.39. The van der Waals surface area contributed by atoms with Gasteiger partial charge in [0.25, 0.3) is 5.91 Å². The van der Waals surface area contributed by atoms with Gasteiger partial charge in [0.1, 0.15) is 0 Å². The molecule has 0 bridgehead atoms. The molecular weight excluding hydrogens is 242 g/mol. The molecule has 0 aromatic heterocycles. The second-order valence-electron chi connectivity index (χ2n) is 4.90. The number of anilines is 1. The van der Waals surface area contributed by atoms with E-state index in [4.69, 9.17) is 5.73 Å². The molecule has 4 N–H and O–H groups in total. The van der Waals surface area contributed by atoms with Gasteiger partial charge in [-0.3, -0.25) is 9.59 Å². The molecule has 1 rings (SSSR count). The van der Waals surface area contributed by atoms with Crippen LogP contribution in [0.5, 0.6) is 0 Å². The molecule has 19 heavy (non-hydrogen) atoms. The van der Waals surface area contributed by atoms with E-state index in [0.29, 0.717) is 17.2 Å². The molecule has 2 amide bonds. The first-order valence-corrected chi connectivity index (χ1v) is 6.33. The molecule has 1 aromatic carbocycles. The minimum Gasteiger partial charge on any atom is -0.399 e. The normalized spacial score (nSPS) is 12.0. The van der Waals surface area contributed by atoms with Crippen molar-refractivity contribution in [2.24, 2.45) is 5.92 Å². The van der Waals surface area contributed by atoms with Crippen LogP contribution in [0, 0.1) is 5.92 Å². The van der Waals surface area contributed by atoms with Crippen LogP contribution in [0.15, 0.2) is 24.3 Å². The lowest BCUT2D eigenvalue weighted by Gasteiger charge is -2.17. The van der Waals surface area contributed by atoms with Crippen molar-refractivity contribution in [2.45, 2.75) is 26.8 Å². The first-order chi connectivity index (χ1) is 8.90. The maximum absolute atomic E-state index is 11.7. The van der Waals surface area contributed by atoms with Crippen LogP contribution in [0.2, 0.25) is 0 Å². The van der Waals surface area contributed by atoms with Gasteiger partial charge < -0.3 is 16.4 Å².